The van der Waals surface area contributed by atoms with Crippen LogP contribution in [-0.4, -0.2) is 43.0 Å². The van der Waals surface area contributed by atoms with Gasteiger partial charge < -0.3 is 15.4 Å². The summed E-state index contributed by atoms with van der Waals surface area (Å²) in [5.74, 6) is 0.712. The normalized spacial score (nSPS) is 14.7. The third kappa shape index (κ3) is 6.82. The number of nitrogens with zero attached hydrogens (tertiary/aromatic N) is 1. The number of carbonyl (C=O) groups is 2. The van der Waals surface area contributed by atoms with Gasteiger partial charge in [0.25, 0.3) is 5.91 Å². The van der Waals surface area contributed by atoms with E-state index in [0.29, 0.717) is 24.4 Å². The smallest absolute Gasteiger partial charge is 0.253 e. The van der Waals surface area contributed by atoms with E-state index in [2.05, 4.69) is 34.6 Å². The minimum Gasteiger partial charge on any atom is -0.494 e. The van der Waals surface area contributed by atoms with E-state index in [0.717, 1.165) is 51.1 Å². The Kier molecular flexibility index (Phi) is 9.11. The lowest BCUT2D eigenvalue weighted by Crippen LogP contribution is -2.38. The summed E-state index contributed by atoms with van der Waals surface area (Å²) in [5.41, 5.74) is 2.33. The molecule has 6 heteroatoms. The maximum absolute atomic E-state index is 12.9. The molecule has 0 aromatic heterocycles. The van der Waals surface area contributed by atoms with Crippen LogP contribution in [0.5, 0.6) is 5.75 Å². The van der Waals surface area contributed by atoms with Crippen molar-refractivity contribution in [3.05, 3.63) is 59.7 Å². The van der Waals surface area contributed by atoms with Crippen LogP contribution < -0.4 is 15.4 Å². The van der Waals surface area contributed by atoms with Crippen LogP contribution in [-0.2, 0) is 11.3 Å². The van der Waals surface area contributed by atoms with E-state index in [1.54, 1.807) is 12.1 Å². The number of unbranched alkanes of at least 4 members (excludes halogenated alkanes) is 1. The first kappa shape index (κ1) is 23.8. The molecule has 2 aromatic carbocycles. The molecule has 32 heavy (non-hydrogen) atoms. The van der Waals surface area contributed by atoms with Crippen LogP contribution in [0, 0.1) is 5.92 Å². The van der Waals surface area contributed by atoms with Crippen molar-refractivity contribution in [2.45, 2.75) is 46.1 Å². The van der Waals surface area contributed by atoms with Gasteiger partial charge in [-0.15, -0.1) is 0 Å². The van der Waals surface area contributed by atoms with Crippen LogP contribution in [0.1, 0.15) is 55.5 Å². The Morgan fingerprint density at radius 2 is 1.84 bits per heavy atom. The molecular weight excluding hydrogens is 402 g/mol. The first-order valence-electron chi connectivity index (χ1n) is 11.7. The number of hydrogen-bond donors (Lipinski definition) is 2. The van der Waals surface area contributed by atoms with Gasteiger partial charge in [0.05, 0.1) is 17.9 Å². The average molecular weight is 438 g/mol. The Labute approximate surface area is 191 Å². The Balaban J connectivity index is 1.52. The summed E-state index contributed by atoms with van der Waals surface area (Å²) in [6.07, 6.45) is 3.58. The number of para-hydroxylation sites is 1. The van der Waals surface area contributed by atoms with E-state index in [4.69, 9.17) is 4.74 Å². The van der Waals surface area contributed by atoms with Crippen LogP contribution >= 0.6 is 0 Å². The number of carbonyl (C=O) groups excluding carboxylic acids is 2. The van der Waals surface area contributed by atoms with Crippen LogP contribution in [0.15, 0.2) is 48.5 Å². The zero-order valence-electron chi connectivity index (χ0n) is 19.2. The molecular formula is C26H35N3O3. The van der Waals surface area contributed by atoms with Gasteiger partial charge >= 0.3 is 0 Å². The molecule has 3 rings (SSSR count). The number of rotatable bonds is 10. The third-order valence-corrected chi connectivity index (χ3v) is 5.82. The van der Waals surface area contributed by atoms with E-state index in [9.17, 15) is 9.59 Å². The first-order chi connectivity index (χ1) is 15.6. The van der Waals surface area contributed by atoms with E-state index in [1.165, 1.54) is 5.56 Å². The van der Waals surface area contributed by atoms with Crippen LogP contribution in [0.2, 0.25) is 0 Å². The van der Waals surface area contributed by atoms with Crippen molar-refractivity contribution >= 4 is 17.5 Å². The van der Waals surface area contributed by atoms with E-state index in [1.807, 2.05) is 31.2 Å². The predicted molar refractivity (Wildman–Crippen MR) is 128 cm³/mol. The summed E-state index contributed by atoms with van der Waals surface area (Å²) in [4.78, 5) is 27.8. The fourth-order valence-corrected chi connectivity index (χ4v) is 4.01. The number of ether oxygens (including phenoxy) is 1. The van der Waals surface area contributed by atoms with Crippen molar-refractivity contribution in [2.75, 3.05) is 31.6 Å². The molecule has 1 aliphatic rings. The molecule has 0 unspecified atom stereocenters. The Hall–Kier alpha value is -2.86. The maximum atomic E-state index is 12.9. The van der Waals surface area contributed by atoms with Crippen LogP contribution in [0.3, 0.4) is 0 Å². The van der Waals surface area contributed by atoms with E-state index >= 15 is 0 Å². The van der Waals surface area contributed by atoms with Crippen molar-refractivity contribution in [2.24, 2.45) is 5.92 Å². The van der Waals surface area contributed by atoms with Gasteiger partial charge in [-0.2, -0.15) is 0 Å². The number of amides is 2. The summed E-state index contributed by atoms with van der Waals surface area (Å²) in [6.45, 7) is 7.97. The fraction of sp³-hybridized carbons (Fsp3) is 0.462. The van der Waals surface area contributed by atoms with E-state index in [-0.39, 0.29) is 17.7 Å². The monoisotopic (exact) mass is 437 g/mol. The van der Waals surface area contributed by atoms with Crippen molar-refractivity contribution in [1.29, 1.82) is 0 Å². The summed E-state index contributed by atoms with van der Waals surface area (Å²) in [7, 11) is 0. The summed E-state index contributed by atoms with van der Waals surface area (Å²) >= 11 is 0. The molecule has 1 fully saturated rings. The van der Waals surface area contributed by atoms with Gasteiger partial charge in [-0.3, -0.25) is 14.5 Å². The lowest BCUT2D eigenvalue weighted by molar-refractivity contribution is -0.121. The Morgan fingerprint density at radius 1 is 1.06 bits per heavy atom. The number of anilines is 1. The lowest BCUT2D eigenvalue weighted by atomic mass is 9.95. The summed E-state index contributed by atoms with van der Waals surface area (Å²) < 4.78 is 5.59. The molecule has 2 N–H and O–H groups in total. The Morgan fingerprint density at radius 3 is 2.59 bits per heavy atom. The zero-order valence-corrected chi connectivity index (χ0v) is 19.2. The second kappa shape index (κ2) is 12.2. The van der Waals surface area contributed by atoms with Crippen LogP contribution in [0.4, 0.5) is 5.69 Å². The van der Waals surface area contributed by atoms with Gasteiger partial charge in [0.1, 0.15) is 5.75 Å². The predicted octanol–water partition coefficient (Wildman–Crippen LogP) is 4.47. The zero-order chi connectivity index (χ0) is 22.8. The number of piperidine rings is 1. The van der Waals surface area contributed by atoms with Gasteiger partial charge in [0.15, 0.2) is 0 Å². The van der Waals surface area contributed by atoms with Crippen molar-refractivity contribution in [3.8, 4) is 5.75 Å². The van der Waals surface area contributed by atoms with Crippen molar-refractivity contribution < 1.29 is 14.3 Å². The number of likely N-dealkylation sites (tertiary alicyclic amines) is 1. The van der Waals surface area contributed by atoms with Crippen molar-refractivity contribution in [3.63, 3.8) is 0 Å². The molecule has 0 spiro atoms. The fourth-order valence-electron chi connectivity index (χ4n) is 4.01. The number of hydrogen-bond acceptors (Lipinski definition) is 4. The van der Waals surface area contributed by atoms with E-state index < -0.39 is 0 Å². The highest BCUT2D eigenvalue weighted by atomic mass is 16.5. The lowest BCUT2D eigenvalue weighted by Gasteiger charge is -2.31. The van der Waals surface area contributed by atoms with Gasteiger partial charge in [-0.05, 0) is 69.1 Å². The second-order valence-corrected chi connectivity index (χ2v) is 8.28. The van der Waals surface area contributed by atoms with Gasteiger partial charge in [-0.25, -0.2) is 0 Å². The van der Waals surface area contributed by atoms with Gasteiger partial charge in [-0.1, -0.05) is 37.6 Å². The molecule has 172 valence electrons. The molecule has 2 amide bonds. The molecule has 0 radical (unpaired) electrons. The molecule has 0 saturated carbocycles. The third-order valence-electron chi connectivity index (χ3n) is 5.82. The molecule has 1 saturated heterocycles. The first-order valence-corrected chi connectivity index (χ1v) is 11.7. The average Bonchev–Trinajstić information content (AvgIpc) is 2.80. The van der Waals surface area contributed by atoms with Gasteiger partial charge in [0, 0.05) is 19.0 Å². The number of benzene rings is 2. The molecule has 1 aliphatic heterocycles. The molecule has 2 aromatic rings. The van der Waals surface area contributed by atoms with Gasteiger partial charge in [0.2, 0.25) is 5.91 Å². The highest BCUT2D eigenvalue weighted by molar-refractivity contribution is 6.04. The standard InChI is InChI=1S/C26H35N3O3/c1-3-5-15-27-26(31)23-11-6-7-12-24(23)28-25(30)21-13-16-29(17-14-21)19-20-9-8-10-22(18-20)32-4-2/h6-12,18,21H,3-5,13-17,19H2,1-2H3,(H,27,31)(H,28,30). The maximum Gasteiger partial charge on any atom is 0.253 e. The molecule has 6 nitrogen and oxygen atoms in total. The highest BCUT2D eigenvalue weighted by Gasteiger charge is 2.26. The highest BCUT2D eigenvalue weighted by Crippen LogP contribution is 2.23. The summed E-state index contributed by atoms with van der Waals surface area (Å²) in [5, 5.41) is 5.93. The molecule has 1 heterocycles. The SMILES string of the molecule is CCCCNC(=O)c1ccccc1NC(=O)C1CCN(Cc2cccc(OCC)c2)CC1. The topological polar surface area (TPSA) is 70.7 Å². The van der Waals surface area contributed by atoms with Crippen LogP contribution in [0.25, 0.3) is 0 Å². The number of nitrogens with one attached hydrogen (secondary N) is 2. The molecule has 0 aliphatic carbocycles. The summed E-state index contributed by atoms with van der Waals surface area (Å²) in [6, 6.07) is 15.4. The quantitative estimate of drug-likeness (QED) is 0.538. The molecule has 0 atom stereocenters. The Bertz CT molecular complexity index is 891. The molecule has 0 bridgehead atoms. The van der Waals surface area contributed by atoms with Crippen molar-refractivity contribution in [1.82, 2.24) is 10.2 Å². The largest absolute Gasteiger partial charge is 0.494 e. The second-order valence-electron chi connectivity index (χ2n) is 8.28. The minimum atomic E-state index is -0.140. The minimum absolute atomic E-state index is 0.00296.